The van der Waals surface area contributed by atoms with Crippen LogP contribution in [0.3, 0.4) is 0 Å². The molecule has 0 spiro atoms. The zero-order valence-corrected chi connectivity index (χ0v) is 11.2. The summed E-state index contributed by atoms with van der Waals surface area (Å²) >= 11 is 0. The van der Waals surface area contributed by atoms with Gasteiger partial charge in [-0.15, -0.1) is 0 Å². The summed E-state index contributed by atoms with van der Waals surface area (Å²) in [6.07, 6.45) is 3.31. The van der Waals surface area contributed by atoms with Crippen LogP contribution in [-0.2, 0) is 9.47 Å². The Kier molecular flexibility index (Phi) is 6.49. The van der Waals surface area contributed by atoms with E-state index in [0.29, 0.717) is 25.3 Å². The molecule has 0 bridgehead atoms. The van der Waals surface area contributed by atoms with Gasteiger partial charge in [0, 0.05) is 32.8 Å². The van der Waals surface area contributed by atoms with E-state index in [4.69, 9.17) is 9.47 Å². The number of rotatable bonds is 7. The molecule has 0 aromatic rings. The lowest BCUT2D eigenvalue weighted by atomic mass is 10.0. The minimum absolute atomic E-state index is 0.172. The monoisotopic (exact) mass is 240 g/mol. The second kappa shape index (κ2) is 7.65. The maximum Gasteiger partial charge on any atom is 0.0672 e. The molecule has 0 heterocycles. The van der Waals surface area contributed by atoms with Gasteiger partial charge in [-0.2, -0.15) is 5.26 Å². The van der Waals surface area contributed by atoms with Crippen molar-refractivity contribution in [3.63, 3.8) is 0 Å². The Labute approximate surface area is 104 Å². The predicted molar refractivity (Wildman–Crippen MR) is 66.7 cm³/mol. The van der Waals surface area contributed by atoms with Crippen molar-refractivity contribution < 1.29 is 9.47 Å². The summed E-state index contributed by atoms with van der Waals surface area (Å²) < 4.78 is 10.4. The third kappa shape index (κ3) is 3.95. The van der Waals surface area contributed by atoms with Gasteiger partial charge in [0.2, 0.25) is 0 Å². The molecule has 0 aromatic carbocycles. The lowest BCUT2D eigenvalue weighted by molar-refractivity contribution is 0.0414. The maximum absolute atomic E-state index is 9.18. The molecule has 0 radical (unpaired) electrons. The molecule has 0 saturated heterocycles. The topological polar surface area (TPSA) is 45.5 Å². The second-order valence-corrected chi connectivity index (χ2v) is 4.77. The van der Waals surface area contributed by atoms with E-state index in [9.17, 15) is 5.26 Å². The van der Waals surface area contributed by atoms with Crippen LogP contribution < -0.4 is 0 Å². The molecule has 1 fully saturated rings. The highest BCUT2D eigenvalue weighted by molar-refractivity contribution is 4.98. The van der Waals surface area contributed by atoms with Crippen LogP contribution in [0.1, 0.15) is 26.2 Å². The molecule has 4 heteroatoms. The molecule has 1 saturated carbocycles. The lowest BCUT2D eigenvalue weighted by Crippen LogP contribution is -2.47. The Bertz CT molecular complexity index is 252. The van der Waals surface area contributed by atoms with Crippen LogP contribution in [0.4, 0.5) is 0 Å². The van der Waals surface area contributed by atoms with Gasteiger partial charge in [-0.3, -0.25) is 4.90 Å². The van der Waals surface area contributed by atoms with E-state index in [2.05, 4.69) is 17.9 Å². The second-order valence-electron chi connectivity index (χ2n) is 4.77. The van der Waals surface area contributed by atoms with Gasteiger partial charge in [0.05, 0.1) is 25.2 Å². The first-order valence-corrected chi connectivity index (χ1v) is 6.37. The van der Waals surface area contributed by atoms with Gasteiger partial charge >= 0.3 is 0 Å². The fraction of sp³-hybridized carbons (Fsp3) is 0.923. The van der Waals surface area contributed by atoms with Crippen LogP contribution in [0.2, 0.25) is 0 Å². The van der Waals surface area contributed by atoms with E-state index in [1.54, 1.807) is 14.2 Å². The molecule has 98 valence electrons. The minimum atomic E-state index is 0.172. The molecular formula is C13H24N2O2. The van der Waals surface area contributed by atoms with Crippen molar-refractivity contribution in [1.29, 1.82) is 5.26 Å². The first kappa shape index (κ1) is 14.4. The number of nitriles is 1. The Morgan fingerprint density at radius 2 is 2.12 bits per heavy atom. The Morgan fingerprint density at radius 1 is 1.35 bits per heavy atom. The van der Waals surface area contributed by atoms with Gasteiger partial charge in [-0.25, -0.2) is 0 Å². The first-order chi connectivity index (χ1) is 8.24. The van der Waals surface area contributed by atoms with Crippen LogP contribution in [0.5, 0.6) is 0 Å². The van der Waals surface area contributed by atoms with E-state index < -0.39 is 0 Å². The number of hydrogen-bond donors (Lipinski definition) is 0. The summed E-state index contributed by atoms with van der Waals surface area (Å²) in [6, 6.07) is 3.16. The largest absolute Gasteiger partial charge is 0.383 e. The molecule has 0 aliphatic heterocycles. The highest BCUT2D eigenvalue weighted by atomic mass is 16.5. The van der Waals surface area contributed by atoms with Gasteiger partial charge in [-0.05, 0) is 19.8 Å². The predicted octanol–water partition coefficient (Wildman–Crippen LogP) is 1.66. The maximum atomic E-state index is 9.18. The fourth-order valence-electron chi connectivity index (χ4n) is 2.73. The van der Waals surface area contributed by atoms with Gasteiger partial charge in [0.1, 0.15) is 0 Å². The number of hydrogen-bond acceptors (Lipinski definition) is 4. The van der Waals surface area contributed by atoms with Gasteiger partial charge < -0.3 is 9.47 Å². The molecule has 0 aromatic heterocycles. The third-order valence-electron chi connectivity index (χ3n) is 3.60. The van der Waals surface area contributed by atoms with Crippen molar-refractivity contribution in [3.05, 3.63) is 0 Å². The SMILES string of the molecule is COCCN(C(C)COC)C1CCCC1C#N. The van der Waals surface area contributed by atoms with Crippen LogP contribution in [0.25, 0.3) is 0 Å². The summed E-state index contributed by atoms with van der Waals surface area (Å²) in [5.41, 5.74) is 0. The van der Waals surface area contributed by atoms with Crippen molar-refractivity contribution in [3.8, 4) is 6.07 Å². The minimum Gasteiger partial charge on any atom is -0.383 e. The Balaban J connectivity index is 2.64. The van der Waals surface area contributed by atoms with Gasteiger partial charge in [-0.1, -0.05) is 6.42 Å². The number of methoxy groups -OCH3 is 2. The van der Waals surface area contributed by atoms with Gasteiger partial charge in [0.25, 0.3) is 0 Å². The molecule has 1 aliphatic rings. The van der Waals surface area contributed by atoms with Gasteiger partial charge in [0.15, 0.2) is 0 Å². The van der Waals surface area contributed by atoms with Crippen molar-refractivity contribution >= 4 is 0 Å². The molecule has 1 aliphatic carbocycles. The summed E-state index contributed by atoms with van der Waals surface area (Å²) in [4.78, 5) is 2.38. The standard InChI is InChI=1S/C13H24N2O2/c1-11(10-17-3)15(7-8-16-2)13-6-4-5-12(13)9-14/h11-13H,4-8,10H2,1-3H3. The number of ether oxygens (including phenoxy) is 2. The summed E-state index contributed by atoms with van der Waals surface area (Å²) in [5, 5.41) is 9.18. The highest BCUT2D eigenvalue weighted by Crippen LogP contribution is 2.30. The van der Waals surface area contributed by atoms with E-state index in [-0.39, 0.29) is 5.92 Å². The average molecular weight is 240 g/mol. The Hall–Kier alpha value is -0.630. The zero-order valence-electron chi connectivity index (χ0n) is 11.2. The van der Waals surface area contributed by atoms with Crippen molar-refractivity contribution in [1.82, 2.24) is 4.90 Å². The molecule has 17 heavy (non-hydrogen) atoms. The Morgan fingerprint density at radius 3 is 2.71 bits per heavy atom. The lowest BCUT2D eigenvalue weighted by Gasteiger charge is -2.35. The molecule has 4 nitrogen and oxygen atoms in total. The average Bonchev–Trinajstić information content (AvgIpc) is 2.78. The van der Waals surface area contributed by atoms with E-state index in [1.165, 1.54) is 0 Å². The summed E-state index contributed by atoms with van der Waals surface area (Å²) in [7, 11) is 3.44. The molecule has 3 unspecified atom stereocenters. The van der Waals surface area contributed by atoms with Crippen LogP contribution >= 0.6 is 0 Å². The zero-order chi connectivity index (χ0) is 12.7. The van der Waals surface area contributed by atoms with E-state index in [1.807, 2.05) is 0 Å². The molecule has 1 rings (SSSR count). The summed E-state index contributed by atoms with van der Waals surface area (Å²) in [6.45, 7) is 4.46. The van der Waals surface area contributed by atoms with Crippen molar-refractivity contribution in [2.75, 3.05) is 34.0 Å². The van der Waals surface area contributed by atoms with E-state index >= 15 is 0 Å². The summed E-state index contributed by atoms with van der Waals surface area (Å²) in [5.74, 6) is 0.172. The van der Waals surface area contributed by atoms with Crippen molar-refractivity contribution in [2.24, 2.45) is 5.92 Å². The first-order valence-electron chi connectivity index (χ1n) is 6.37. The van der Waals surface area contributed by atoms with Crippen molar-refractivity contribution in [2.45, 2.75) is 38.3 Å². The van der Waals surface area contributed by atoms with Crippen LogP contribution in [0.15, 0.2) is 0 Å². The smallest absolute Gasteiger partial charge is 0.0672 e. The van der Waals surface area contributed by atoms with Crippen LogP contribution in [-0.4, -0.2) is 51.0 Å². The highest BCUT2D eigenvalue weighted by Gasteiger charge is 2.34. The molecule has 3 atom stereocenters. The quantitative estimate of drug-likeness (QED) is 0.679. The third-order valence-corrected chi connectivity index (χ3v) is 3.60. The normalized spacial score (nSPS) is 26.1. The molecular weight excluding hydrogens is 216 g/mol. The fourth-order valence-corrected chi connectivity index (χ4v) is 2.73. The van der Waals surface area contributed by atoms with Crippen LogP contribution in [0, 0.1) is 17.2 Å². The van der Waals surface area contributed by atoms with E-state index in [0.717, 1.165) is 25.8 Å². The molecule has 0 N–H and O–H groups in total. The number of nitrogens with zero attached hydrogens (tertiary/aromatic N) is 2. The molecule has 0 amide bonds.